The van der Waals surface area contributed by atoms with Crippen LogP contribution in [-0.4, -0.2) is 40.5 Å². The highest BCUT2D eigenvalue weighted by atomic mass is 16.4. The number of rotatable bonds is 4. The quantitative estimate of drug-likeness (QED) is 0.859. The number of hydrogen-bond acceptors (Lipinski definition) is 3. The van der Waals surface area contributed by atoms with E-state index in [1.165, 1.54) is 4.90 Å². The van der Waals surface area contributed by atoms with E-state index in [1.807, 2.05) is 38.1 Å². The SMILES string of the molecule is CC(C)N(CC(=O)O)C(=O)C1Cc2ccccc2N1. The predicted molar refractivity (Wildman–Crippen MR) is 72.0 cm³/mol. The highest BCUT2D eigenvalue weighted by Crippen LogP contribution is 2.26. The van der Waals surface area contributed by atoms with Crippen LogP contribution >= 0.6 is 0 Å². The van der Waals surface area contributed by atoms with Gasteiger partial charge in [0.2, 0.25) is 5.91 Å². The Morgan fingerprint density at radius 1 is 1.42 bits per heavy atom. The third-order valence-electron chi connectivity index (χ3n) is 3.28. The average molecular weight is 262 g/mol. The van der Waals surface area contributed by atoms with Crippen molar-refractivity contribution in [2.75, 3.05) is 11.9 Å². The van der Waals surface area contributed by atoms with E-state index < -0.39 is 5.97 Å². The van der Waals surface area contributed by atoms with Gasteiger partial charge in [0.25, 0.3) is 0 Å². The Morgan fingerprint density at radius 3 is 2.68 bits per heavy atom. The number of benzene rings is 1. The molecule has 5 nitrogen and oxygen atoms in total. The molecule has 0 fully saturated rings. The van der Waals surface area contributed by atoms with E-state index in [9.17, 15) is 9.59 Å². The number of hydrogen-bond donors (Lipinski definition) is 2. The van der Waals surface area contributed by atoms with E-state index in [1.54, 1.807) is 0 Å². The Hall–Kier alpha value is -2.04. The summed E-state index contributed by atoms with van der Waals surface area (Å²) in [6.45, 7) is 3.39. The van der Waals surface area contributed by atoms with Crippen LogP contribution in [0.25, 0.3) is 0 Å². The lowest BCUT2D eigenvalue weighted by atomic mass is 10.1. The van der Waals surface area contributed by atoms with E-state index in [0.29, 0.717) is 6.42 Å². The van der Waals surface area contributed by atoms with Crippen molar-refractivity contribution in [3.63, 3.8) is 0 Å². The molecule has 0 aromatic heterocycles. The summed E-state index contributed by atoms with van der Waals surface area (Å²) >= 11 is 0. The lowest BCUT2D eigenvalue weighted by Gasteiger charge is -2.27. The zero-order chi connectivity index (χ0) is 14.0. The van der Waals surface area contributed by atoms with Gasteiger partial charge in [-0.25, -0.2) is 0 Å². The maximum Gasteiger partial charge on any atom is 0.323 e. The molecular weight excluding hydrogens is 244 g/mol. The van der Waals surface area contributed by atoms with Gasteiger partial charge in [0.1, 0.15) is 12.6 Å². The number of fused-ring (bicyclic) bond motifs is 1. The number of carboxylic acids is 1. The van der Waals surface area contributed by atoms with Gasteiger partial charge in [0.15, 0.2) is 0 Å². The summed E-state index contributed by atoms with van der Waals surface area (Å²) < 4.78 is 0. The molecule has 1 amide bonds. The molecule has 0 saturated carbocycles. The largest absolute Gasteiger partial charge is 0.480 e. The highest BCUT2D eigenvalue weighted by molar-refractivity contribution is 5.89. The van der Waals surface area contributed by atoms with Crippen molar-refractivity contribution in [2.24, 2.45) is 0 Å². The fourth-order valence-electron chi connectivity index (χ4n) is 2.31. The van der Waals surface area contributed by atoms with Gasteiger partial charge >= 0.3 is 5.97 Å². The monoisotopic (exact) mass is 262 g/mol. The molecule has 102 valence electrons. The first-order valence-electron chi connectivity index (χ1n) is 6.35. The van der Waals surface area contributed by atoms with Gasteiger partial charge in [0, 0.05) is 18.2 Å². The van der Waals surface area contributed by atoms with Gasteiger partial charge in [-0.2, -0.15) is 0 Å². The Labute approximate surface area is 112 Å². The molecule has 5 heteroatoms. The lowest BCUT2D eigenvalue weighted by Crippen LogP contribution is -2.47. The summed E-state index contributed by atoms with van der Waals surface area (Å²) in [7, 11) is 0. The molecule has 2 N–H and O–H groups in total. The van der Waals surface area contributed by atoms with Crippen molar-refractivity contribution in [1.29, 1.82) is 0 Å². The van der Waals surface area contributed by atoms with Crippen LogP contribution in [0.15, 0.2) is 24.3 Å². The second-order valence-electron chi connectivity index (χ2n) is 5.01. The lowest BCUT2D eigenvalue weighted by molar-refractivity contribution is -0.146. The topological polar surface area (TPSA) is 69.6 Å². The molecule has 0 saturated heterocycles. The number of amides is 1. The van der Waals surface area contributed by atoms with Crippen LogP contribution in [0.5, 0.6) is 0 Å². The molecule has 1 atom stereocenters. The number of carboxylic acid groups (broad SMARTS) is 1. The van der Waals surface area contributed by atoms with Gasteiger partial charge in [-0.15, -0.1) is 0 Å². The molecule has 1 unspecified atom stereocenters. The smallest absolute Gasteiger partial charge is 0.323 e. The molecule has 0 radical (unpaired) electrons. The first-order chi connectivity index (χ1) is 8.99. The Balaban J connectivity index is 2.10. The van der Waals surface area contributed by atoms with Gasteiger partial charge in [-0.3, -0.25) is 9.59 Å². The standard InChI is InChI=1S/C14H18N2O3/c1-9(2)16(8-13(17)18)14(19)12-7-10-5-3-4-6-11(10)15-12/h3-6,9,12,15H,7-8H2,1-2H3,(H,17,18). The number of anilines is 1. The van der Waals surface area contributed by atoms with Crippen LogP contribution in [-0.2, 0) is 16.0 Å². The van der Waals surface area contributed by atoms with Crippen molar-refractivity contribution in [3.8, 4) is 0 Å². The van der Waals surface area contributed by atoms with Crippen LogP contribution in [0.3, 0.4) is 0 Å². The third-order valence-corrected chi connectivity index (χ3v) is 3.28. The summed E-state index contributed by atoms with van der Waals surface area (Å²) in [4.78, 5) is 24.6. The summed E-state index contributed by atoms with van der Waals surface area (Å²) in [6, 6.07) is 7.26. The highest BCUT2D eigenvalue weighted by Gasteiger charge is 2.31. The van der Waals surface area contributed by atoms with Gasteiger partial charge in [-0.1, -0.05) is 18.2 Å². The molecule has 1 aliphatic rings. The summed E-state index contributed by atoms with van der Waals surface area (Å²) in [5.41, 5.74) is 2.06. The molecule has 1 heterocycles. The van der Waals surface area contributed by atoms with E-state index >= 15 is 0 Å². The minimum atomic E-state index is -0.988. The number of nitrogens with zero attached hydrogens (tertiary/aromatic N) is 1. The fourth-order valence-corrected chi connectivity index (χ4v) is 2.31. The van der Waals surface area contributed by atoms with Gasteiger partial charge in [0.05, 0.1) is 0 Å². The number of carbonyl (C=O) groups is 2. The van der Waals surface area contributed by atoms with E-state index in [-0.39, 0.29) is 24.5 Å². The summed E-state index contributed by atoms with van der Waals surface area (Å²) in [6.07, 6.45) is 0.609. The van der Waals surface area contributed by atoms with E-state index in [0.717, 1.165) is 11.3 Å². The minimum absolute atomic E-state index is 0.130. The Bertz CT molecular complexity index is 474. The number of carbonyl (C=O) groups excluding carboxylic acids is 1. The molecule has 0 bridgehead atoms. The van der Waals surface area contributed by atoms with Gasteiger partial charge < -0.3 is 15.3 Å². The maximum atomic E-state index is 12.4. The molecule has 0 spiro atoms. The molecule has 1 aliphatic heterocycles. The number of para-hydroxylation sites is 1. The van der Waals surface area contributed by atoms with Crippen LogP contribution in [0.1, 0.15) is 19.4 Å². The molecule has 19 heavy (non-hydrogen) atoms. The van der Waals surface area contributed by atoms with E-state index in [4.69, 9.17) is 5.11 Å². The Kier molecular flexibility index (Phi) is 3.74. The molecular formula is C14H18N2O3. The zero-order valence-corrected chi connectivity index (χ0v) is 11.1. The van der Waals surface area contributed by atoms with Crippen LogP contribution in [0, 0.1) is 0 Å². The molecule has 1 aromatic rings. The van der Waals surface area contributed by atoms with Crippen molar-refractivity contribution >= 4 is 17.6 Å². The van der Waals surface area contributed by atoms with Crippen molar-refractivity contribution < 1.29 is 14.7 Å². The summed E-state index contributed by atoms with van der Waals surface area (Å²) in [5.74, 6) is -1.15. The van der Waals surface area contributed by atoms with Crippen LogP contribution in [0.2, 0.25) is 0 Å². The molecule has 2 rings (SSSR count). The average Bonchev–Trinajstić information content (AvgIpc) is 2.78. The molecule has 1 aromatic carbocycles. The third kappa shape index (κ3) is 2.86. The minimum Gasteiger partial charge on any atom is -0.480 e. The number of aliphatic carboxylic acids is 1. The second-order valence-corrected chi connectivity index (χ2v) is 5.01. The summed E-state index contributed by atoms with van der Waals surface area (Å²) in [5, 5.41) is 12.0. The van der Waals surface area contributed by atoms with Crippen molar-refractivity contribution in [1.82, 2.24) is 4.90 Å². The van der Waals surface area contributed by atoms with Crippen LogP contribution < -0.4 is 5.32 Å². The van der Waals surface area contributed by atoms with Gasteiger partial charge in [-0.05, 0) is 25.5 Å². The van der Waals surface area contributed by atoms with Crippen molar-refractivity contribution in [2.45, 2.75) is 32.4 Å². The molecule has 0 aliphatic carbocycles. The van der Waals surface area contributed by atoms with E-state index in [2.05, 4.69) is 5.32 Å². The predicted octanol–water partition coefficient (Wildman–Crippen LogP) is 1.34. The first-order valence-corrected chi connectivity index (χ1v) is 6.35. The van der Waals surface area contributed by atoms with Crippen molar-refractivity contribution in [3.05, 3.63) is 29.8 Å². The zero-order valence-electron chi connectivity index (χ0n) is 11.1. The Morgan fingerprint density at radius 2 is 2.11 bits per heavy atom. The normalized spacial score (nSPS) is 16.9. The maximum absolute atomic E-state index is 12.4. The first kappa shape index (κ1) is 13.4. The number of nitrogens with one attached hydrogen (secondary N) is 1. The fraction of sp³-hybridized carbons (Fsp3) is 0.429. The van der Waals surface area contributed by atoms with Crippen LogP contribution in [0.4, 0.5) is 5.69 Å². The second kappa shape index (κ2) is 5.30.